The Labute approximate surface area is 148 Å². The highest BCUT2D eigenvalue weighted by molar-refractivity contribution is 5.76. The quantitative estimate of drug-likeness (QED) is 0.798. The number of rotatable bonds is 8. The maximum atomic E-state index is 12.1. The highest BCUT2D eigenvalue weighted by Gasteiger charge is 2.23. The van der Waals surface area contributed by atoms with Crippen molar-refractivity contribution in [3.05, 3.63) is 41.5 Å². The number of nitrogens with zero attached hydrogens (tertiary/aromatic N) is 3. The molecular weight excluding hydrogens is 316 g/mol. The second-order valence-electron chi connectivity index (χ2n) is 6.58. The van der Waals surface area contributed by atoms with Crippen LogP contribution in [0, 0.1) is 0 Å². The summed E-state index contributed by atoms with van der Waals surface area (Å²) in [7, 11) is 0. The minimum atomic E-state index is 0.0228. The highest BCUT2D eigenvalue weighted by Crippen LogP contribution is 2.28. The largest absolute Gasteiger partial charge is 0.366 e. The van der Waals surface area contributed by atoms with E-state index in [0.717, 1.165) is 31.6 Å². The third-order valence-corrected chi connectivity index (χ3v) is 4.60. The molecule has 2 heterocycles. The van der Waals surface area contributed by atoms with Crippen molar-refractivity contribution in [2.24, 2.45) is 0 Å². The van der Waals surface area contributed by atoms with Gasteiger partial charge < -0.3 is 14.7 Å². The van der Waals surface area contributed by atoms with Gasteiger partial charge in [-0.1, -0.05) is 30.3 Å². The summed E-state index contributed by atoms with van der Waals surface area (Å²) in [5, 5.41) is 6.93. The molecule has 0 aliphatic carbocycles. The van der Waals surface area contributed by atoms with Crippen LogP contribution in [0.4, 0.5) is 5.69 Å². The van der Waals surface area contributed by atoms with Crippen molar-refractivity contribution in [3.8, 4) is 0 Å². The summed E-state index contributed by atoms with van der Waals surface area (Å²) in [6.45, 7) is 5.87. The van der Waals surface area contributed by atoms with Gasteiger partial charge in [-0.25, -0.2) is 0 Å². The van der Waals surface area contributed by atoms with E-state index in [4.69, 9.17) is 4.52 Å². The number of para-hydroxylation sites is 1. The molecule has 1 amide bonds. The molecule has 1 atom stereocenters. The van der Waals surface area contributed by atoms with Gasteiger partial charge in [0.05, 0.1) is 0 Å². The molecule has 0 fully saturated rings. The molecule has 1 aromatic heterocycles. The number of hydrogen-bond acceptors (Lipinski definition) is 5. The van der Waals surface area contributed by atoms with Crippen LogP contribution in [-0.4, -0.2) is 35.2 Å². The second kappa shape index (κ2) is 8.14. The lowest BCUT2D eigenvalue weighted by molar-refractivity contribution is -0.121. The first-order chi connectivity index (χ1) is 12.2. The lowest BCUT2D eigenvalue weighted by Crippen LogP contribution is -2.41. The average Bonchev–Trinajstić information content (AvgIpc) is 3.25. The molecule has 3 rings (SSSR count). The van der Waals surface area contributed by atoms with Crippen LogP contribution in [0.15, 0.2) is 28.8 Å². The van der Waals surface area contributed by atoms with Gasteiger partial charge in [0.15, 0.2) is 5.82 Å². The van der Waals surface area contributed by atoms with E-state index in [9.17, 15) is 4.79 Å². The number of anilines is 1. The molecule has 25 heavy (non-hydrogen) atoms. The summed E-state index contributed by atoms with van der Waals surface area (Å²) < 4.78 is 5.16. The number of benzene rings is 1. The van der Waals surface area contributed by atoms with E-state index < -0.39 is 0 Å². The minimum absolute atomic E-state index is 0.0228. The molecule has 0 bridgehead atoms. The van der Waals surface area contributed by atoms with Gasteiger partial charge in [-0.2, -0.15) is 4.98 Å². The fourth-order valence-corrected chi connectivity index (χ4v) is 3.22. The molecule has 0 radical (unpaired) electrons. The maximum Gasteiger partial charge on any atom is 0.227 e. The number of aryl methyl sites for hydroxylation is 2. The number of nitrogens with one attached hydrogen (secondary N) is 1. The van der Waals surface area contributed by atoms with Gasteiger partial charge in [0.1, 0.15) is 0 Å². The molecule has 0 saturated heterocycles. The smallest absolute Gasteiger partial charge is 0.227 e. The van der Waals surface area contributed by atoms with Crippen molar-refractivity contribution < 1.29 is 9.32 Å². The Hall–Kier alpha value is -2.37. The Morgan fingerprint density at radius 1 is 1.36 bits per heavy atom. The zero-order valence-corrected chi connectivity index (χ0v) is 15.0. The van der Waals surface area contributed by atoms with E-state index in [2.05, 4.69) is 58.5 Å². The Bertz CT molecular complexity index is 713. The van der Waals surface area contributed by atoms with Gasteiger partial charge in [0.25, 0.3) is 0 Å². The molecule has 2 aromatic rings. The van der Waals surface area contributed by atoms with Gasteiger partial charge in [-0.05, 0) is 31.4 Å². The van der Waals surface area contributed by atoms with Crippen LogP contribution in [0.5, 0.6) is 0 Å². The Morgan fingerprint density at radius 2 is 2.20 bits per heavy atom. The van der Waals surface area contributed by atoms with E-state index >= 15 is 0 Å². The summed E-state index contributed by atoms with van der Waals surface area (Å²) in [6, 6.07) is 8.76. The van der Waals surface area contributed by atoms with Crippen molar-refractivity contribution in [1.29, 1.82) is 0 Å². The lowest BCUT2D eigenvalue weighted by atomic mass is 10.2. The van der Waals surface area contributed by atoms with Crippen LogP contribution in [0.1, 0.15) is 44.0 Å². The molecule has 0 saturated carbocycles. The Balaban J connectivity index is 1.43. The Kier molecular flexibility index (Phi) is 5.68. The monoisotopic (exact) mass is 342 g/mol. The van der Waals surface area contributed by atoms with E-state index in [1.54, 1.807) is 0 Å². The zero-order valence-electron chi connectivity index (χ0n) is 15.0. The molecular formula is C19H26N4O2. The van der Waals surface area contributed by atoms with Gasteiger partial charge in [-0.3, -0.25) is 4.79 Å². The van der Waals surface area contributed by atoms with Gasteiger partial charge in [0.2, 0.25) is 11.8 Å². The third-order valence-electron chi connectivity index (χ3n) is 4.60. The fraction of sp³-hybridized carbons (Fsp3) is 0.526. The lowest BCUT2D eigenvalue weighted by Gasteiger charge is -2.27. The molecule has 1 aromatic carbocycles. The standard InChI is InChI=1S/C19H26N4O2/c1-3-6-17-21-19(25-22-17)10-9-18(24)20-13-14(2)23-12-11-15-7-4-5-8-16(15)23/h4-5,7-8,14H,3,6,9-13H2,1-2H3,(H,20,24)/t14-/m1/s1. The molecule has 1 aliphatic heterocycles. The number of fused-ring (bicyclic) bond motifs is 1. The van der Waals surface area contributed by atoms with Gasteiger partial charge in [0, 0.05) is 44.1 Å². The summed E-state index contributed by atoms with van der Waals surface area (Å²) in [5.74, 6) is 1.29. The molecule has 0 spiro atoms. The van der Waals surface area contributed by atoms with Crippen molar-refractivity contribution >= 4 is 11.6 Å². The summed E-state index contributed by atoms with van der Waals surface area (Å²) in [6.07, 6.45) is 3.73. The number of hydrogen-bond donors (Lipinski definition) is 1. The van der Waals surface area contributed by atoms with Crippen molar-refractivity contribution in [2.75, 3.05) is 18.0 Å². The molecule has 134 valence electrons. The number of carbonyl (C=O) groups is 1. The van der Waals surface area contributed by atoms with E-state index in [0.29, 0.717) is 25.3 Å². The first-order valence-electron chi connectivity index (χ1n) is 9.10. The molecule has 6 nitrogen and oxygen atoms in total. The van der Waals surface area contributed by atoms with Crippen LogP contribution in [0.2, 0.25) is 0 Å². The Morgan fingerprint density at radius 3 is 3.04 bits per heavy atom. The van der Waals surface area contributed by atoms with Crippen molar-refractivity contribution in [2.45, 2.75) is 52.0 Å². The summed E-state index contributed by atoms with van der Waals surface area (Å²) in [4.78, 5) is 18.7. The van der Waals surface area contributed by atoms with Crippen LogP contribution < -0.4 is 10.2 Å². The number of amides is 1. The predicted octanol–water partition coefficient (Wildman–Crippen LogP) is 2.52. The van der Waals surface area contributed by atoms with Crippen LogP contribution in [-0.2, 0) is 24.1 Å². The molecule has 1 N–H and O–H groups in total. The van der Waals surface area contributed by atoms with E-state index in [1.807, 2.05) is 0 Å². The summed E-state index contributed by atoms with van der Waals surface area (Å²) >= 11 is 0. The topological polar surface area (TPSA) is 71.3 Å². The zero-order chi connectivity index (χ0) is 17.6. The minimum Gasteiger partial charge on any atom is -0.366 e. The van der Waals surface area contributed by atoms with Crippen LogP contribution in [0.3, 0.4) is 0 Å². The van der Waals surface area contributed by atoms with Crippen molar-refractivity contribution in [3.63, 3.8) is 0 Å². The normalized spacial score (nSPS) is 14.4. The van der Waals surface area contributed by atoms with Crippen LogP contribution >= 0.6 is 0 Å². The maximum absolute atomic E-state index is 12.1. The molecule has 0 unspecified atom stereocenters. The first kappa shape index (κ1) is 17.5. The fourth-order valence-electron chi connectivity index (χ4n) is 3.22. The van der Waals surface area contributed by atoms with E-state index in [1.165, 1.54) is 11.3 Å². The predicted molar refractivity (Wildman–Crippen MR) is 96.6 cm³/mol. The first-order valence-corrected chi connectivity index (χ1v) is 9.10. The van der Waals surface area contributed by atoms with E-state index in [-0.39, 0.29) is 11.9 Å². The van der Waals surface area contributed by atoms with Gasteiger partial charge in [-0.15, -0.1) is 0 Å². The van der Waals surface area contributed by atoms with Gasteiger partial charge >= 0.3 is 0 Å². The SMILES string of the molecule is CCCc1noc(CCC(=O)NC[C@@H](C)N2CCc3ccccc32)n1. The summed E-state index contributed by atoms with van der Waals surface area (Å²) in [5.41, 5.74) is 2.68. The van der Waals surface area contributed by atoms with Crippen LogP contribution in [0.25, 0.3) is 0 Å². The average molecular weight is 342 g/mol. The van der Waals surface area contributed by atoms with Crippen molar-refractivity contribution in [1.82, 2.24) is 15.5 Å². The molecule has 6 heteroatoms. The highest BCUT2D eigenvalue weighted by atomic mass is 16.5. The number of carbonyl (C=O) groups excluding carboxylic acids is 1. The third kappa shape index (κ3) is 4.38. The number of aromatic nitrogens is 2. The molecule has 1 aliphatic rings. The second-order valence-corrected chi connectivity index (χ2v) is 6.58.